The van der Waals surface area contributed by atoms with Crippen LogP contribution in [0.15, 0.2) is 66.7 Å². The molecule has 0 radical (unpaired) electrons. The number of para-hydroxylation sites is 1. The zero-order chi connectivity index (χ0) is 19.2. The summed E-state index contributed by atoms with van der Waals surface area (Å²) < 4.78 is 24.9. The quantitative estimate of drug-likeness (QED) is 0.671. The van der Waals surface area contributed by atoms with Crippen molar-refractivity contribution in [3.8, 4) is 11.5 Å². The van der Waals surface area contributed by atoms with Crippen molar-refractivity contribution >= 4 is 11.6 Å². The second-order valence-electron chi connectivity index (χ2n) is 6.06. The number of carbonyl (C=O) groups excluding carboxylic acids is 1. The van der Waals surface area contributed by atoms with Crippen LogP contribution in [-0.4, -0.2) is 13.0 Å². The average molecular weight is 365 g/mol. The van der Waals surface area contributed by atoms with Crippen molar-refractivity contribution in [2.24, 2.45) is 0 Å². The first kappa shape index (κ1) is 18.5. The van der Waals surface area contributed by atoms with Gasteiger partial charge in [-0.2, -0.15) is 0 Å². The van der Waals surface area contributed by atoms with Gasteiger partial charge < -0.3 is 14.8 Å². The predicted octanol–water partition coefficient (Wildman–Crippen LogP) is 4.97. The van der Waals surface area contributed by atoms with Gasteiger partial charge >= 0.3 is 0 Å². The topological polar surface area (TPSA) is 47.6 Å². The van der Waals surface area contributed by atoms with Gasteiger partial charge in [-0.1, -0.05) is 29.8 Å². The second-order valence-corrected chi connectivity index (χ2v) is 6.06. The lowest BCUT2D eigenvalue weighted by molar-refractivity contribution is 0.102. The van der Waals surface area contributed by atoms with Crippen molar-refractivity contribution in [3.63, 3.8) is 0 Å². The van der Waals surface area contributed by atoms with Crippen LogP contribution < -0.4 is 14.8 Å². The maximum Gasteiger partial charge on any atom is 0.255 e. The zero-order valence-electron chi connectivity index (χ0n) is 15.2. The molecule has 0 aromatic heterocycles. The standard InChI is InChI=1S/C22H20FNO3/c1-15-7-10-18(11-8-15)27-14-17-13-16(9-12-21(17)26-2)22(25)24-20-6-4-3-5-19(20)23/h3-13H,14H2,1-2H3,(H,24,25). The Morgan fingerprint density at radius 3 is 2.48 bits per heavy atom. The number of carbonyl (C=O) groups is 1. The molecule has 3 aromatic carbocycles. The Kier molecular flexibility index (Phi) is 5.71. The van der Waals surface area contributed by atoms with E-state index < -0.39 is 11.7 Å². The van der Waals surface area contributed by atoms with Gasteiger partial charge in [-0.15, -0.1) is 0 Å². The number of anilines is 1. The highest BCUT2D eigenvalue weighted by Crippen LogP contribution is 2.23. The van der Waals surface area contributed by atoms with Crippen LogP contribution in [0, 0.1) is 12.7 Å². The van der Waals surface area contributed by atoms with Gasteiger partial charge in [0, 0.05) is 11.1 Å². The minimum Gasteiger partial charge on any atom is -0.496 e. The summed E-state index contributed by atoms with van der Waals surface area (Å²) in [5, 5.41) is 2.58. The molecule has 5 heteroatoms. The fraction of sp³-hybridized carbons (Fsp3) is 0.136. The molecule has 1 N–H and O–H groups in total. The van der Waals surface area contributed by atoms with E-state index in [1.807, 2.05) is 31.2 Å². The van der Waals surface area contributed by atoms with E-state index in [4.69, 9.17) is 9.47 Å². The molecule has 0 bridgehead atoms. The first-order valence-electron chi connectivity index (χ1n) is 8.49. The molecule has 0 atom stereocenters. The lowest BCUT2D eigenvalue weighted by atomic mass is 10.1. The molecule has 0 fully saturated rings. The van der Waals surface area contributed by atoms with Crippen LogP contribution in [0.25, 0.3) is 0 Å². The van der Waals surface area contributed by atoms with Crippen LogP contribution in [0.2, 0.25) is 0 Å². The fourth-order valence-electron chi connectivity index (χ4n) is 2.59. The molecular weight excluding hydrogens is 345 g/mol. The third-order valence-corrected chi connectivity index (χ3v) is 4.08. The number of hydrogen-bond donors (Lipinski definition) is 1. The third-order valence-electron chi connectivity index (χ3n) is 4.08. The highest BCUT2D eigenvalue weighted by Gasteiger charge is 2.13. The molecule has 0 heterocycles. The lowest BCUT2D eigenvalue weighted by Crippen LogP contribution is -2.13. The summed E-state index contributed by atoms with van der Waals surface area (Å²) in [6, 6.07) is 18.7. The van der Waals surface area contributed by atoms with E-state index in [0.717, 1.165) is 16.9 Å². The molecule has 27 heavy (non-hydrogen) atoms. The van der Waals surface area contributed by atoms with E-state index in [-0.39, 0.29) is 12.3 Å². The van der Waals surface area contributed by atoms with Crippen LogP contribution in [-0.2, 0) is 6.61 Å². The van der Waals surface area contributed by atoms with E-state index in [2.05, 4.69) is 5.32 Å². The van der Waals surface area contributed by atoms with Crippen LogP contribution >= 0.6 is 0 Å². The SMILES string of the molecule is COc1ccc(C(=O)Nc2ccccc2F)cc1COc1ccc(C)cc1. The van der Waals surface area contributed by atoms with Gasteiger partial charge in [0.25, 0.3) is 5.91 Å². The summed E-state index contributed by atoms with van der Waals surface area (Å²) in [7, 11) is 1.56. The molecule has 0 spiro atoms. The van der Waals surface area contributed by atoms with Crippen LogP contribution in [0.4, 0.5) is 10.1 Å². The number of amides is 1. The Labute approximate surface area is 157 Å². The zero-order valence-corrected chi connectivity index (χ0v) is 15.2. The van der Waals surface area contributed by atoms with E-state index in [1.54, 1.807) is 37.4 Å². The number of benzene rings is 3. The van der Waals surface area contributed by atoms with E-state index >= 15 is 0 Å². The summed E-state index contributed by atoms with van der Waals surface area (Å²) in [6.07, 6.45) is 0. The Hall–Kier alpha value is -3.34. The molecule has 0 saturated carbocycles. The molecule has 1 amide bonds. The number of aryl methyl sites for hydroxylation is 1. The van der Waals surface area contributed by atoms with Gasteiger partial charge in [0.2, 0.25) is 0 Å². The predicted molar refractivity (Wildman–Crippen MR) is 103 cm³/mol. The smallest absolute Gasteiger partial charge is 0.255 e. The number of ether oxygens (including phenoxy) is 2. The monoisotopic (exact) mass is 365 g/mol. The van der Waals surface area contributed by atoms with Crippen molar-refractivity contribution in [3.05, 3.63) is 89.2 Å². The van der Waals surface area contributed by atoms with Crippen LogP contribution in [0.3, 0.4) is 0 Å². The minimum absolute atomic E-state index is 0.135. The maximum atomic E-state index is 13.7. The summed E-state index contributed by atoms with van der Waals surface area (Å²) >= 11 is 0. The Morgan fingerprint density at radius 1 is 1.04 bits per heavy atom. The average Bonchev–Trinajstić information content (AvgIpc) is 2.69. The number of methoxy groups -OCH3 is 1. The Balaban J connectivity index is 1.77. The van der Waals surface area contributed by atoms with E-state index in [1.165, 1.54) is 12.1 Å². The summed E-state index contributed by atoms with van der Waals surface area (Å²) in [4.78, 5) is 12.5. The highest BCUT2D eigenvalue weighted by atomic mass is 19.1. The van der Waals surface area contributed by atoms with Gasteiger partial charge in [-0.25, -0.2) is 4.39 Å². The molecule has 0 aliphatic carbocycles. The summed E-state index contributed by atoms with van der Waals surface area (Å²) in [6.45, 7) is 2.25. The van der Waals surface area contributed by atoms with Crippen LogP contribution in [0.1, 0.15) is 21.5 Å². The molecule has 0 aliphatic rings. The second kappa shape index (κ2) is 8.36. The first-order chi connectivity index (χ1) is 13.1. The number of hydrogen-bond acceptors (Lipinski definition) is 3. The molecular formula is C22H20FNO3. The van der Waals surface area contributed by atoms with Gasteiger partial charge in [0.05, 0.1) is 12.8 Å². The summed E-state index contributed by atoms with van der Waals surface area (Å²) in [5.74, 6) is 0.454. The minimum atomic E-state index is -0.484. The van der Waals surface area contributed by atoms with Crippen molar-refractivity contribution in [2.75, 3.05) is 12.4 Å². The number of rotatable bonds is 6. The summed E-state index contributed by atoms with van der Waals surface area (Å²) in [5.41, 5.74) is 2.39. The first-order valence-corrected chi connectivity index (χ1v) is 8.49. The number of nitrogens with one attached hydrogen (secondary N) is 1. The maximum absolute atomic E-state index is 13.7. The Morgan fingerprint density at radius 2 is 1.78 bits per heavy atom. The molecule has 0 unspecified atom stereocenters. The van der Waals surface area contributed by atoms with Crippen molar-refractivity contribution in [1.82, 2.24) is 0 Å². The third kappa shape index (κ3) is 4.64. The van der Waals surface area contributed by atoms with Gasteiger partial charge in [-0.05, 0) is 49.4 Å². The van der Waals surface area contributed by atoms with Gasteiger partial charge in [0.1, 0.15) is 23.9 Å². The van der Waals surface area contributed by atoms with E-state index in [0.29, 0.717) is 11.3 Å². The van der Waals surface area contributed by atoms with E-state index in [9.17, 15) is 9.18 Å². The van der Waals surface area contributed by atoms with Gasteiger partial charge in [0.15, 0.2) is 0 Å². The molecule has 3 aromatic rings. The molecule has 0 saturated heterocycles. The highest BCUT2D eigenvalue weighted by molar-refractivity contribution is 6.04. The lowest BCUT2D eigenvalue weighted by Gasteiger charge is -2.13. The molecule has 138 valence electrons. The normalized spacial score (nSPS) is 10.3. The van der Waals surface area contributed by atoms with Gasteiger partial charge in [-0.3, -0.25) is 4.79 Å². The van der Waals surface area contributed by atoms with Crippen LogP contribution in [0.5, 0.6) is 11.5 Å². The molecule has 0 aliphatic heterocycles. The van der Waals surface area contributed by atoms with Crippen molar-refractivity contribution < 1.29 is 18.7 Å². The van der Waals surface area contributed by atoms with Crippen molar-refractivity contribution in [1.29, 1.82) is 0 Å². The molecule has 4 nitrogen and oxygen atoms in total. The largest absolute Gasteiger partial charge is 0.496 e. The number of halogens is 1. The molecule has 3 rings (SSSR count). The fourth-order valence-corrected chi connectivity index (χ4v) is 2.59. The van der Waals surface area contributed by atoms with Crippen molar-refractivity contribution in [2.45, 2.75) is 13.5 Å². The Bertz CT molecular complexity index is 939.